The largest absolute Gasteiger partial charge is 0.419 e. The van der Waals surface area contributed by atoms with Gasteiger partial charge in [0.1, 0.15) is 5.02 Å². The highest BCUT2D eigenvalue weighted by atomic mass is 35.5. The van der Waals surface area contributed by atoms with Gasteiger partial charge in [-0.15, -0.1) is 0 Å². The molecule has 0 aliphatic rings. The number of hydrogen-bond acceptors (Lipinski definition) is 6. The van der Waals surface area contributed by atoms with Crippen LogP contribution in [0.3, 0.4) is 0 Å². The highest BCUT2D eigenvalue weighted by Crippen LogP contribution is 2.30. The number of fused-ring (bicyclic) bond motifs is 1. The minimum Gasteiger partial charge on any atom is -0.419 e. The van der Waals surface area contributed by atoms with Crippen molar-refractivity contribution in [3.05, 3.63) is 83.6 Å². The van der Waals surface area contributed by atoms with E-state index in [4.69, 9.17) is 21.6 Å². The molecule has 2 aromatic carbocycles. The maximum atomic E-state index is 12.5. The van der Waals surface area contributed by atoms with Crippen molar-refractivity contribution in [1.82, 2.24) is 9.97 Å². The van der Waals surface area contributed by atoms with Crippen molar-refractivity contribution in [1.29, 1.82) is 5.26 Å². The molecule has 0 unspecified atom stereocenters. The molecule has 0 fully saturated rings. The summed E-state index contributed by atoms with van der Waals surface area (Å²) in [4.78, 5) is 8.33. The van der Waals surface area contributed by atoms with Gasteiger partial charge in [0, 0.05) is 17.6 Å². The van der Waals surface area contributed by atoms with Gasteiger partial charge in [0.15, 0.2) is 0 Å². The molecule has 0 saturated heterocycles. The van der Waals surface area contributed by atoms with Gasteiger partial charge in [-0.05, 0) is 35.7 Å². The number of pyridine rings is 2. The fraction of sp³-hybridized carbons (Fsp3) is 0. The minimum atomic E-state index is -3.86. The van der Waals surface area contributed by atoms with Crippen molar-refractivity contribution in [3.63, 3.8) is 0 Å². The highest BCUT2D eigenvalue weighted by Gasteiger charge is 2.16. The maximum Gasteiger partial charge on any atom is 0.261 e. The average molecular weight is 437 g/mol. The molecule has 4 rings (SSSR count). The minimum absolute atomic E-state index is 0.0123. The third-order valence-electron chi connectivity index (χ3n) is 4.16. The van der Waals surface area contributed by atoms with Gasteiger partial charge in [0.2, 0.25) is 11.8 Å². The average Bonchev–Trinajstić information content (AvgIpc) is 2.75. The van der Waals surface area contributed by atoms with Crippen LogP contribution in [-0.2, 0) is 10.0 Å². The van der Waals surface area contributed by atoms with Crippen LogP contribution in [0, 0.1) is 11.3 Å². The summed E-state index contributed by atoms with van der Waals surface area (Å²) in [6.07, 6.45) is 2.97. The zero-order chi connectivity index (χ0) is 21.1. The van der Waals surface area contributed by atoms with Crippen molar-refractivity contribution in [2.75, 3.05) is 4.72 Å². The topological polar surface area (TPSA) is 105 Å². The molecule has 0 amide bonds. The Bertz CT molecular complexity index is 1380. The van der Waals surface area contributed by atoms with Gasteiger partial charge in [-0.1, -0.05) is 35.9 Å². The summed E-state index contributed by atoms with van der Waals surface area (Å²) in [5.74, 6) is 0.412. The lowest BCUT2D eigenvalue weighted by atomic mass is 10.2. The van der Waals surface area contributed by atoms with E-state index in [0.717, 1.165) is 10.8 Å². The first kappa shape index (κ1) is 19.6. The predicted molar refractivity (Wildman–Crippen MR) is 113 cm³/mol. The molecule has 0 atom stereocenters. The lowest BCUT2D eigenvalue weighted by Gasteiger charge is -2.10. The van der Waals surface area contributed by atoms with Crippen LogP contribution in [0.25, 0.3) is 10.8 Å². The van der Waals surface area contributed by atoms with Crippen molar-refractivity contribution in [3.8, 4) is 17.8 Å². The number of anilines is 1. The molecule has 9 heteroatoms. The Morgan fingerprint density at radius 1 is 0.967 bits per heavy atom. The molecule has 0 spiro atoms. The monoisotopic (exact) mass is 436 g/mol. The van der Waals surface area contributed by atoms with Crippen LogP contribution in [0.5, 0.6) is 11.8 Å². The maximum absolute atomic E-state index is 12.5. The lowest BCUT2D eigenvalue weighted by molar-refractivity contribution is 0.446. The third-order valence-corrected chi connectivity index (χ3v) is 5.83. The molecule has 0 bridgehead atoms. The molecule has 0 radical (unpaired) electrons. The first-order chi connectivity index (χ1) is 14.4. The predicted octanol–water partition coefficient (Wildman–Crippen LogP) is 4.75. The number of nitrogens with one attached hydrogen (secondary N) is 1. The molecule has 148 valence electrons. The zero-order valence-electron chi connectivity index (χ0n) is 15.3. The summed E-state index contributed by atoms with van der Waals surface area (Å²) in [6, 6.07) is 18.3. The van der Waals surface area contributed by atoms with Gasteiger partial charge < -0.3 is 4.74 Å². The van der Waals surface area contributed by atoms with E-state index in [1.807, 2.05) is 30.3 Å². The Kier molecular flexibility index (Phi) is 5.23. The molecule has 2 aromatic heterocycles. The van der Waals surface area contributed by atoms with Crippen LogP contribution in [0.2, 0.25) is 5.02 Å². The van der Waals surface area contributed by atoms with Crippen LogP contribution in [-0.4, -0.2) is 18.4 Å². The summed E-state index contributed by atoms with van der Waals surface area (Å²) >= 11 is 6.23. The first-order valence-corrected chi connectivity index (χ1v) is 10.5. The molecule has 7 nitrogen and oxygen atoms in total. The molecule has 0 saturated carbocycles. The Balaban J connectivity index is 1.54. The fourth-order valence-corrected chi connectivity index (χ4v) is 3.94. The lowest BCUT2D eigenvalue weighted by Crippen LogP contribution is -2.13. The zero-order valence-corrected chi connectivity index (χ0v) is 16.9. The van der Waals surface area contributed by atoms with E-state index in [-0.39, 0.29) is 21.5 Å². The molecule has 30 heavy (non-hydrogen) atoms. The number of benzene rings is 2. The smallest absolute Gasteiger partial charge is 0.261 e. The Morgan fingerprint density at radius 2 is 1.70 bits per heavy atom. The first-order valence-electron chi connectivity index (χ1n) is 8.66. The van der Waals surface area contributed by atoms with Crippen LogP contribution in [0.15, 0.2) is 78.0 Å². The number of sulfonamides is 1. The van der Waals surface area contributed by atoms with Crippen molar-refractivity contribution >= 4 is 38.1 Å². The van der Waals surface area contributed by atoms with Gasteiger partial charge in [-0.3, -0.25) is 4.72 Å². The number of aromatic nitrogens is 2. The molecule has 0 aliphatic carbocycles. The SMILES string of the molecule is N#Cc1ccc(S(=O)(=O)Nc2cnc(Oc3cc4ccccc4cn3)c(Cl)c2)cc1. The van der Waals surface area contributed by atoms with Gasteiger partial charge >= 0.3 is 0 Å². The van der Waals surface area contributed by atoms with E-state index < -0.39 is 10.0 Å². The van der Waals surface area contributed by atoms with Crippen LogP contribution in [0.1, 0.15) is 5.56 Å². The number of hydrogen-bond donors (Lipinski definition) is 1. The molecular weight excluding hydrogens is 424 g/mol. The number of rotatable bonds is 5. The summed E-state index contributed by atoms with van der Waals surface area (Å²) in [5.41, 5.74) is 0.533. The van der Waals surface area contributed by atoms with E-state index in [0.29, 0.717) is 11.4 Å². The van der Waals surface area contributed by atoms with Gasteiger partial charge in [0.25, 0.3) is 10.0 Å². The number of nitriles is 1. The highest BCUT2D eigenvalue weighted by molar-refractivity contribution is 7.92. The third kappa shape index (κ3) is 4.17. The number of halogens is 1. The molecular formula is C21H13ClN4O3S. The summed E-state index contributed by atoms with van der Waals surface area (Å²) in [5, 5.41) is 10.9. The second kappa shape index (κ2) is 7.99. The van der Waals surface area contributed by atoms with Crippen LogP contribution >= 0.6 is 11.6 Å². The number of nitrogens with zero attached hydrogens (tertiary/aromatic N) is 3. The molecule has 2 heterocycles. The molecule has 1 N–H and O–H groups in total. The Labute approximate surface area is 177 Å². The van der Waals surface area contributed by atoms with E-state index in [1.54, 1.807) is 12.3 Å². The van der Waals surface area contributed by atoms with Gasteiger partial charge in [0.05, 0.1) is 28.4 Å². The summed E-state index contributed by atoms with van der Waals surface area (Å²) in [7, 11) is -3.86. The van der Waals surface area contributed by atoms with Crippen molar-refractivity contribution < 1.29 is 13.2 Å². The second-order valence-electron chi connectivity index (χ2n) is 6.22. The van der Waals surface area contributed by atoms with Gasteiger partial charge in [-0.2, -0.15) is 5.26 Å². The standard InChI is InChI=1S/C21H13ClN4O3S/c22-19-10-17(26-30(27,28)18-7-5-14(11-23)6-8-18)13-25-21(19)29-20-9-15-3-1-2-4-16(15)12-24-20/h1-10,12-13,26H. The number of ether oxygens (including phenoxy) is 1. The van der Waals surface area contributed by atoms with Crippen molar-refractivity contribution in [2.24, 2.45) is 0 Å². The Morgan fingerprint density at radius 3 is 2.40 bits per heavy atom. The van der Waals surface area contributed by atoms with Crippen LogP contribution < -0.4 is 9.46 Å². The summed E-state index contributed by atoms with van der Waals surface area (Å²) in [6.45, 7) is 0. The molecule has 0 aliphatic heterocycles. The Hall–Kier alpha value is -3.67. The van der Waals surface area contributed by atoms with Crippen molar-refractivity contribution in [2.45, 2.75) is 4.90 Å². The van der Waals surface area contributed by atoms with E-state index >= 15 is 0 Å². The van der Waals surface area contributed by atoms with E-state index in [9.17, 15) is 8.42 Å². The van der Waals surface area contributed by atoms with E-state index in [2.05, 4.69) is 14.7 Å². The summed E-state index contributed by atoms with van der Waals surface area (Å²) < 4.78 is 33.1. The van der Waals surface area contributed by atoms with Crippen LogP contribution in [0.4, 0.5) is 5.69 Å². The van der Waals surface area contributed by atoms with E-state index in [1.165, 1.54) is 36.5 Å². The second-order valence-corrected chi connectivity index (χ2v) is 8.31. The quantitative estimate of drug-likeness (QED) is 0.484. The molecule has 4 aromatic rings. The fourth-order valence-electron chi connectivity index (χ4n) is 2.70. The van der Waals surface area contributed by atoms with Gasteiger partial charge in [-0.25, -0.2) is 18.4 Å². The normalized spacial score (nSPS) is 11.1.